The van der Waals surface area contributed by atoms with Crippen LogP contribution in [0.2, 0.25) is 0 Å². The van der Waals surface area contributed by atoms with Gasteiger partial charge < -0.3 is 20.5 Å². The maximum Gasteiger partial charge on any atom is 0.233 e. The van der Waals surface area contributed by atoms with Crippen molar-refractivity contribution in [3.8, 4) is 5.75 Å². The van der Waals surface area contributed by atoms with E-state index >= 15 is 0 Å². The Bertz CT molecular complexity index is 482. The number of hydrogen-bond donors (Lipinski definition) is 3. The number of aromatic hydroxyl groups is 1. The number of methoxy groups -OCH3 is 1. The molecule has 1 heterocycles. The molecule has 1 fully saturated rings. The molecule has 110 valence electrons. The van der Waals surface area contributed by atoms with E-state index in [1.807, 2.05) is 0 Å². The van der Waals surface area contributed by atoms with E-state index in [0.717, 1.165) is 25.9 Å². The van der Waals surface area contributed by atoms with Crippen molar-refractivity contribution in [1.29, 1.82) is 0 Å². The van der Waals surface area contributed by atoms with Crippen LogP contribution in [-0.4, -0.2) is 37.8 Å². The largest absolute Gasteiger partial charge is 0.505 e. The number of benzene rings is 1. The summed E-state index contributed by atoms with van der Waals surface area (Å²) in [6.45, 7) is 1.97. The number of nitrogens with one attached hydrogen (secondary N) is 2. The molecule has 2 rings (SSSR count). The maximum absolute atomic E-state index is 12.6. The van der Waals surface area contributed by atoms with Crippen molar-refractivity contribution in [1.82, 2.24) is 5.32 Å². The molecule has 1 aromatic rings. The number of amides is 1. The summed E-state index contributed by atoms with van der Waals surface area (Å²) in [6, 6.07) is 5.17. The van der Waals surface area contributed by atoms with Crippen molar-refractivity contribution in [2.45, 2.75) is 12.8 Å². The van der Waals surface area contributed by atoms with E-state index in [9.17, 15) is 9.90 Å². The van der Waals surface area contributed by atoms with E-state index < -0.39 is 5.41 Å². The van der Waals surface area contributed by atoms with Crippen LogP contribution in [0.1, 0.15) is 12.8 Å². The van der Waals surface area contributed by atoms with E-state index in [2.05, 4.69) is 26.6 Å². The Labute approximate surface area is 126 Å². The van der Waals surface area contributed by atoms with Gasteiger partial charge in [-0.15, -0.1) is 0 Å². The normalized spacial score (nSPS) is 17.7. The highest BCUT2D eigenvalue weighted by atomic mass is 79.9. The number of ether oxygens (including phenoxy) is 1. The lowest BCUT2D eigenvalue weighted by atomic mass is 9.78. The molecular formula is C14H19BrN2O3. The SMILES string of the molecule is COCC1(C(=O)Nc2cccc(Br)c2O)CCNCC1. The molecule has 1 aromatic carbocycles. The van der Waals surface area contributed by atoms with Crippen LogP contribution < -0.4 is 10.6 Å². The Morgan fingerprint density at radius 2 is 2.20 bits per heavy atom. The van der Waals surface area contributed by atoms with Crippen LogP contribution in [0.25, 0.3) is 0 Å². The number of halogens is 1. The van der Waals surface area contributed by atoms with Gasteiger partial charge in [0.15, 0.2) is 5.75 Å². The van der Waals surface area contributed by atoms with Crippen molar-refractivity contribution < 1.29 is 14.6 Å². The number of para-hydroxylation sites is 1. The van der Waals surface area contributed by atoms with Gasteiger partial charge in [0.2, 0.25) is 5.91 Å². The first kappa shape index (κ1) is 15.3. The topological polar surface area (TPSA) is 70.6 Å². The van der Waals surface area contributed by atoms with Gasteiger partial charge in [0, 0.05) is 7.11 Å². The summed E-state index contributed by atoms with van der Waals surface area (Å²) >= 11 is 3.24. The highest BCUT2D eigenvalue weighted by Crippen LogP contribution is 2.35. The third kappa shape index (κ3) is 3.13. The zero-order chi connectivity index (χ0) is 14.6. The summed E-state index contributed by atoms with van der Waals surface area (Å²) in [5.74, 6) is -0.0587. The van der Waals surface area contributed by atoms with Gasteiger partial charge in [0.25, 0.3) is 0 Å². The molecule has 0 atom stereocenters. The van der Waals surface area contributed by atoms with E-state index in [-0.39, 0.29) is 11.7 Å². The maximum atomic E-state index is 12.6. The van der Waals surface area contributed by atoms with Gasteiger partial charge in [-0.25, -0.2) is 0 Å². The lowest BCUT2D eigenvalue weighted by Gasteiger charge is -2.35. The molecule has 6 heteroatoms. The van der Waals surface area contributed by atoms with E-state index in [0.29, 0.717) is 16.8 Å². The second-order valence-electron chi connectivity index (χ2n) is 5.05. The van der Waals surface area contributed by atoms with E-state index in [1.54, 1.807) is 25.3 Å². The predicted octanol–water partition coefficient (Wildman–Crippen LogP) is 2.11. The van der Waals surface area contributed by atoms with Crippen molar-refractivity contribution in [3.63, 3.8) is 0 Å². The molecule has 0 aromatic heterocycles. The fraction of sp³-hybridized carbons (Fsp3) is 0.500. The third-order valence-corrected chi connectivity index (χ3v) is 4.34. The molecule has 0 bridgehead atoms. The number of rotatable bonds is 4. The van der Waals surface area contributed by atoms with Crippen LogP contribution in [0.5, 0.6) is 5.75 Å². The fourth-order valence-corrected chi connectivity index (χ4v) is 2.86. The lowest BCUT2D eigenvalue weighted by Crippen LogP contribution is -2.47. The Morgan fingerprint density at radius 3 is 2.85 bits per heavy atom. The Kier molecular flexibility index (Phi) is 5.01. The first-order valence-corrected chi connectivity index (χ1v) is 7.37. The molecule has 0 unspecified atom stereocenters. The smallest absolute Gasteiger partial charge is 0.233 e. The molecule has 0 saturated carbocycles. The molecule has 5 nitrogen and oxygen atoms in total. The highest BCUT2D eigenvalue weighted by Gasteiger charge is 2.39. The van der Waals surface area contributed by atoms with Crippen LogP contribution in [0, 0.1) is 5.41 Å². The van der Waals surface area contributed by atoms with Crippen molar-refractivity contribution in [2.75, 3.05) is 32.1 Å². The molecule has 3 N–H and O–H groups in total. The first-order valence-electron chi connectivity index (χ1n) is 6.58. The summed E-state index contributed by atoms with van der Waals surface area (Å²) in [5.41, 5.74) is -0.118. The standard InChI is InChI=1S/C14H19BrN2O3/c1-20-9-14(5-7-16-8-6-14)13(19)17-11-4-2-3-10(15)12(11)18/h2-4,16,18H,5-9H2,1H3,(H,17,19). The van der Waals surface area contributed by atoms with Crippen LogP contribution in [0.15, 0.2) is 22.7 Å². The van der Waals surface area contributed by atoms with Crippen LogP contribution in [-0.2, 0) is 9.53 Å². The molecule has 1 aliphatic rings. The zero-order valence-corrected chi connectivity index (χ0v) is 13.0. The second kappa shape index (κ2) is 6.56. The number of piperidine rings is 1. The van der Waals surface area contributed by atoms with Gasteiger partial charge in [-0.2, -0.15) is 0 Å². The van der Waals surface area contributed by atoms with Gasteiger partial charge in [0.1, 0.15) is 0 Å². The van der Waals surface area contributed by atoms with Gasteiger partial charge in [-0.3, -0.25) is 4.79 Å². The summed E-state index contributed by atoms with van der Waals surface area (Å²) in [4.78, 5) is 12.6. The summed E-state index contributed by atoms with van der Waals surface area (Å²) in [5, 5.41) is 16.0. The predicted molar refractivity (Wildman–Crippen MR) is 80.8 cm³/mol. The third-order valence-electron chi connectivity index (χ3n) is 3.70. The Hall–Kier alpha value is -1.11. The number of phenolic OH excluding ortho intramolecular Hbond substituents is 1. The average Bonchev–Trinajstić information content (AvgIpc) is 2.45. The summed E-state index contributed by atoms with van der Waals surface area (Å²) in [6.07, 6.45) is 1.45. The van der Waals surface area contributed by atoms with Crippen LogP contribution in [0.3, 0.4) is 0 Å². The first-order chi connectivity index (χ1) is 9.59. The minimum absolute atomic E-state index is 0.0438. The quantitative estimate of drug-likeness (QED) is 0.733. The zero-order valence-electron chi connectivity index (χ0n) is 11.4. The van der Waals surface area contributed by atoms with Gasteiger partial charge in [-0.1, -0.05) is 6.07 Å². The fourth-order valence-electron chi connectivity index (χ4n) is 2.49. The Morgan fingerprint density at radius 1 is 1.50 bits per heavy atom. The van der Waals surface area contributed by atoms with E-state index in [4.69, 9.17) is 4.74 Å². The molecule has 20 heavy (non-hydrogen) atoms. The number of hydrogen-bond acceptors (Lipinski definition) is 4. The Balaban J connectivity index is 2.18. The van der Waals surface area contributed by atoms with Crippen molar-refractivity contribution >= 4 is 27.5 Å². The van der Waals surface area contributed by atoms with Gasteiger partial charge in [0.05, 0.1) is 22.2 Å². The van der Waals surface area contributed by atoms with Crippen molar-refractivity contribution in [3.05, 3.63) is 22.7 Å². The van der Waals surface area contributed by atoms with Gasteiger partial charge >= 0.3 is 0 Å². The minimum atomic E-state index is -0.533. The molecule has 0 aliphatic carbocycles. The average molecular weight is 343 g/mol. The number of anilines is 1. The lowest BCUT2D eigenvalue weighted by molar-refractivity contribution is -0.130. The van der Waals surface area contributed by atoms with Gasteiger partial charge in [-0.05, 0) is 54.0 Å². The molecule has 0 radical (unpaired) electrons. The number of phenols is 1. The van der Waals surface area contributed by atoms with Crippen molar-refractivity contribution in [2.24, 2.45) is 5.41 Å². The summed E-state index contributed by atoms with van der Waals surface area (Å²) in [7, 11) is 1.60. The molecule has 1 saturated heterocycles. The second-order valence-corrected chi connectivity index (χ2v) is 5.91. The monoisotopic (exact) mass is 342 g/mol. The molecular weight excluding hydrogens is 324 g/mol. The van der Waals surface area contributed by atoms with Crippen LogP contribution >= 0.6 is 15.9 Å². The molecule has 1 aliphatic heterocycles. The minimum Gasteiger partial charge on any atom is -0.505 e. The molecule has 1 amide bonds. The highest BCUT2D eigenvalue weighted by molar-refractivity contribution is 9.10. The summed E-state index contributed by atoms with van der Waals surface area (Å²) < 4.78 is 5.79. The molecule has 0 spiro atoms. The number of carbonyl (C=O) groups excluding carboxylic acids is 1. The number of carbonyl (C=O) groups is 1. The van der Waals surface area contributed by atoms with Crippen LogP contribution in [0.4, 0.5) is 5.69 Å². The van der Waals surface area contributed by atoms with E-state index in [1.165, 1.54) is 0 Å².